The molecule has 1 amide bonds. The molecule has 0 aromatic heterocycles. The summed E-state index contributed by atoms with van der Waals surface area (Å²) in [4.78, 5) is 23.8. The summed E-state index contributed by atoms with van der Waals surface area (Å²) in [6.07, 6.45) is 2.46. The number of carboxylic acid groups (broad SMARTS) is 1. The number of halogens is 1. The number of carbonyl (C=O) groups is 2. The van der Waals surface area contributed by atoms with E-state index < -0.39 is 17.4 Å². The fraction of sp³-hybridized carbons (Fsp3) is 0.429. The SMILES string of the molecule is COc1ccc(Cl)cc1C(=O)NC1(C(=O)O)CCCC1. The van der Waals surface area contributed by atoms with Crippen molar-refractivity contribution < 1.29 is 19.4 Å². The zero-order chi connectivity index (χ0) is 14.8. The lowest BCUT2D eigenvalue weighted by molar-refractivity contribution is -0.144. The van der Waals surface area contributed by atoms with Crippen molar-refractivity contribution in [2.45, 2.75) is 31.2 Å². The minimum absolute atomic E-state index is 0.243. The molecule has 2 rings (SSSR count). The molecule has 1 saturated carbocycles. The molecule has 0 unspecified atom stereocenters. The summed E-state index contributed by atoms with van der Waals surface area (Å²) in [6, 6.07) is 4.67. The molecule has 1 aliphatic carbocycles. The molecular weight excluding hydrogens is 282 g/mol. The Kier molecular flexibility index (Phi) is 4.18. The maximum absolute atomic E-state index is 12.3. The summed E-state index contributed by atoms with van der Waals surface area (Å²) >= 11 is 5.88. The highest BCUT2D eigenvalue weighted by atomic mass is 35.5. The molecule has 108 valence electrons. The average molecular weight is 298 g/mol. The van der Waals surface area contributed by atoms with Crippen LogP contribution in [0.4, 0.5) is 0 Å². The van der Waals surface area contributed by atoms with Crippen LogP contribution in [0.5, 0.6) is 5.75 Å². The normalized spacial score (nSPS) is 16.7. The van der Waals surface area contributed by atoms with E-state index in [2.05, 4.69) is 5.32 Å². The molecule has 0 spiro atoms. The van der Waals surface area contributed by atoms with E-state index in [1.165, 1.54) is 13.2 Å². The number of rotatable bonds is 4. The fourth-order valence-corrected chi connectivity index (χ4v) is 2.69. The predicted molar refractivity (Wildman–Crippen MR) is 74.3 cm³/mol. The van der Waals surface area contributed by atoms with Gasteiger partial charge in [-0.2, -0.15) is 0 Å². The Balaban J connectivity index is 2.28. The Bertz CT molecular complexity index is 538. The highest BCUT2D eigenvalue weighted by Gasteiger charge is 2.43. The van der Waals surface area contributed by atoms with Crippen molar-refractivity contribution in [1.82, 2.24) is 5.32 Å². The van der Waals surface area contributed by atoms with Crippen molar-refractivity contribution in [2.75, 3.05) is 7.11 Å². The van der Waals surface area contributed by atoms with Crippen molar-refractivity contribution in [3.05, 3.63) is 28.8 Å². The van der Waals surface area contributed by atoms with Gasteiger partial charge in [0.25, 0.3) is 5.91 Å². The molecule has 2 N–H and O–H groups in total. The molecule has 0 bridgehead atoms. The van der Waals surface area contributed by atoms with E-state index in [0.717, 1.165) is 12.8 Å². The first kappa shape index (κ1) is 14.7. The number of nitrogens with one attached hydrogen (secondary N) is 1. The quantitative estimate of drug-likeness (QED) is 0.895. The maximum Gasteiger partial charge on any atom is 0.329 e. The minimum Gasteiger partial charge on any atom is -0.496 e. The minimum atomic E-state index is -1.18. The van der Waals surface area contributed by atoms with Crippen LogP contribution in [0.3, 0.4) is 0 Å². The second-order valence-electron chi connectivity index (χ2n) is 4.89. The van der Waals surface area contributed by atoms with E-state index in [1.54, 1.807) is 12.1 Å². The summed E-state index contributed by atoms with van der Waals surface area (Å²) in [6.45, 7) is 0. The van der Waals surface area contributed by atoms with E-state index >= 15 is 0 Å². The fourth-order valence-electron chi connectivity index (χ4n) is 2.51. The van der Waals surface area contributed by atoms with Gasteiger partial charge in [0.1, 0.15) is 11.3 Å². The lowest BCUT2D eigenvalue weighted by Gasteiger charge is -2.25. The van der Waals surface area contributed by atoms with Gasteiger partial charge in [0, 0.05) is 5.02 Å². The molecule has 1 aromatic rings. The molecule has 1 aliphatic rings. The third kappa shape index (κ3) is 2.72. The zero-order valence-electron chi connectivity index (χ0n) is 11.1. The second kappa shape index (κ2) is 5.71. The number of methoxy groups -OCH3 is 1. The smallest absolute Gasteiger partial charge is 0.329 e. The average Bonchev–Trinajstić information content (AvgIpc) is 2.88. The first-order valence-corrected chi connectivity index (χ1v) is 6.76. The van der Waals surface area contributed by atoms with E-state index in [4.69, 9.17) is 16.3 Å². The largest absolute Gasteiger partial charge is 0.496 e. The Labute approximate surface area is 121 Å². The van der Waals surface area contributed by atoms with Crippen LogP contribution in [-0.4, -0.2) is 29.6 Å². The Morgan fingerprint density at radius 1 is 1.35 bits per heavy atom. The van der Waals surface area contributed by atoms with Gasteiger partial charge in [0.15, 0.2) is 0 Å². The molecule has 1 aromatic carbocycles. The molecule has 6 heteroatoms. The molecular formula is C14H16ClNO4. The Hall–Kier alpha value is -1.75. The van der Waals surface area contributed by atoms with E-state index in [0.29, 0.717) is 23.6 Å². The van der Waals surface area contributed by atoms with Gasteiger partial charge in [-0.25, -0.2) is 4.79 Å². The number of carbonyl (C=O) groups excluding carboxylic acids is 1. The van der Waals surface area contributed by atoms with Crippen molar-refractivity contribution in [3.8, 4) is 5.75 Å². The first-order valence-electron chi connectivity index (χ1n) is 6.38. The van der Waals surface area contributed by atoms with Gasteiger partial charge in [-0.15, -0.1) is 0 Å². The van der Waals surface area contributed by atoms with Crippen LogP contribution in [0.15, 0.2) is 18.2 Å². The van der Waals surface area contributed by atoms with Crippen LogP contribution in [0.2, 0.25) is 5.02 Å². The molecule has 5 nitrogen and oxygen atoms in total. The maximum atomic E-state index is 12.3. The number of ether oxygens (including phenoxy) is 1. The number of carboxylic acids is 1. The molecule has 0 aliphatic heterocycles. The Morgan fingerprint density at radius 2 is 2.00 bits per heavy atom. The number of benzene rings is 1. The molecule has 0 radical (unpaired) electrons. The number of hydrogen-bond donors (Lipinski definition) is 2. The zero-order valence-corrected chi connectivity index (χ0v) is 11.9. The van der Waals surface area contributed by atoms with Crippen LogP contribution in [0, 0.1) is 0 Å². The number of aliphatic carboxylic acids is 1. The second-order valence-corrected chi connectivity index (χ2v) is 5.33. The van der Waals surface area contributed by atoms with Gasteiger partial charge in [0.05, 0.1) is 12.7 Å². The lowest BCUT2D eigenvalue weighted by atomic mass is 9.97. The predicted octanol–water partition coefficient (Wildman–Crippen LogP) is 2.48. The molecule has 20 heavy (non-hydrogen) atoms. The van der Waals surface area contributed by atoms with Crippen LogP contribution in [-0.2, 0) is 4.79 Å². The summed E-state index contributed by atoms with van der Waals surface area (Å²) in [7, 11) is 1.45. The summed E-state index contributed by atoms with van der Waals surface area (Å²) in [5.41, 5.74) is -0.933. The highest BCUT2D eigenvalue weighted by Crippen LogP contribution is 2.31. The van der Waals surface area contributed by atoms with Crippen LogP contribution < -0.4 is 10.1 Å². The number of hydrogen-bond acceptors (Lipinski definition) is 3. The van der Waals surface area contributed by atoms with E-state index in [-0.39, 0.29) is 5.56 Å². The van der Waals surface area contributed by atoms with Gasteiger partial charge in [-0.05, 0) is 31.0 Å². The van der Waals surface area contributed by atoms with Crippen LogP contribution in [0.25, 0.3) is 0 Å². The van der Waals surface area contributed by atoms with E-state index in [9.17, 15) is 14.7 Å². The van der Waals surface area contributed by atoms with E-state index in [1.807, 2.05) is 0 Å². The Morgan fingerprint density at radius 3 is 2.55 bits per heavy atom. The third-order valence-electron chi connectivity index (χ3n) is 3.63. The third-order valence-corrected chi connectivity index (χ3v) is 3.86. The topological polar surface area (TPSA) is 75.6 Å². The first-order chi connectivity index (χ1) is 9.48. The van der Waals surface area contributed by atoms with Gasteiger partial charge in [-0.3, -0.25) is 4.79 Å². The van der Waals surface area contributed by atoms with Gasteiger partial charge >= 0.3 is 5.97 Å². The van der Waals surface area contributed by atoms with Gasteiger partial charge < -0.3 is 15.2 Å². The molecule has 0 saturated heterocycles. The van der Waals surface area contributed by atoms with Crippen molar-refractivity contribution in [1.29, 1.82) is 0 Å². The lowest BCUT2D eigenvalue weighted by Crippen LogP contribution is -2.52. The standard InChI is InChI=1S/C14H16ClNO4/c1-20-11-5-4-9(15)8-10(11)12(17)16-14(13(18)19)6-2-3-7-14/h4-5,8H,2-3,6-7H2,1H3,(H,16,17)(H,18,19). The van der Waals surface area contributed by atoms with Gasteiger partial charge in [0.2, 0.25) is 0 Å². The monoisotopic (exact) mass is 297 g/mol. The summed E-state index contributed by atoms with van der Waals surface area (Å²) < 4.78 is 5.11. The molecule has 0 atom stereocenters. The van der Waals surface area contributed by atoms with Crippen molar-refractivity contribution >= 4 is 23.5 Å². The van der Waals surface area contributed by atoms with Crippen LogP contribution in [0.1, 0.15) is 36.0 Å². The molecule has 1 fully saturated rings. The summed E-state index contributed by atoms with van der Waals surface area (Å²) in [5.74, 6) is -1.11. The highest BCUT2D eigenvalue weighted by molar-refractivity contribution is 6.31. The molecule has 0 heterocycles. The summed E-state index contributed by atoms with van der Waals surface area (Å²) in [5, 5.41) is 12.4. The van der Waals surface area contributed by atoms with Crippen molar-refractivity contribution in [2.24, 2.45) is 0 Å². The number of amides is 1. The van der Waals surface area contributed by atoms with Crippen molar-refractivity contribution in [3.63, 3.8) is 0 Å². The van der Waals surface area contributed by atoms with Gasteiger partial charge in [-0.1, -0.05) is 24.4 Å². The van der Waals surface area contributed by atoms with Crippen LogP contribution >= 0.6 is 11.6 Å².